The summed E-state index contributed by atoms with van der Waals surface area (Å²) in [6, 6.07) is 9.50. The van der Waals surface area contributed by atoms with Crippen LogP contribution in [-0.2, 0) is 6.54 Å². The van der Waals surface area contributed by atoms with Crippen molar-refractivity contribution in [3.8, 4) is 5.75 Å². The molecule has 0 spiro atoms. The standard InChI is InChI=1S/C15H15F2NO/c1-10-3-5-12(16)14(7-10)18-9-11-4-6-15(19-2)13(17)8-11/h3-8,18H,9H2,1-2H3. The first-order chi connectivity index (χ1) is 9.10. The van der Waals surface area contributed by atoms with Crippen molar-refractivity contribution in [1.29, 1.82) is 0 Å². The molecular formula is C15H15F2NO. The maximum atomic E-state index is 13.5. The van der Waals surface area contributed by atoms with E-state index in [1.165, 1.54) is 19.2 Å². The molecule has 100 valence electrons. The Morgan fingerprint density at radius 3 is 2.53 bits per heavy atom. The van der Waals surface area contributed by atoms with Gasteiger partial charge in [-0.2, -0.15) is 0 Å². The number of hydrogen-bond donors (Lipinski definition) is 1. The van der Waals surface area contributed by atoms with E-state index in [4.69, 9.17) is 4.74 Å². The Morgan fingerprint density at radius 2 is 1.84 bits per heavy atom. The minimum atomic E-state index is -0.425. The van der Waals surface area contributed by atoms with Crippen molar-refractivity contribution in [1.82, 2.24) is 0 Å². The molecule has 19 heavy (non-hydrogen) atoms. The first-order valence-electron chi connectivity index (χ1n) is 5.92. The minimum Gasteiger partial charge on any atom is -0.494 e. The van der Waals surface area contributed by atoms with E-state index in [-0.39, 0.29) is 11.6 Å². The largest absolute Gasteiger partial charge is 0.494 e. The molecular weight excluding hydrogens is 248 g/mol. The van der Waals surface area contributed by atoms with Gasteiger partial charge in [0.2, 0.25) is 0 Å². The van der Waals surface area contributed by atoms with Crippen LogP contribution in [0.1, 0.15) is 11.1 Å². The van der Waals surface area contributed by atoms with Crippen LogP contribution in [0.5, 0.6) is 5.75 Å². The average Bonchev–Trinajstić information content (AvgIpc) is 2.40. The van der Waals surface area contributed by atoms with Crippen LogP contribution in [0.4, 0.5) is 14.5 Å². The molecule has 0 saturated carbocycles. The highest BCUT2D eigenvalue weighted by atomic mass is 19.1. The lowest BCUT2D eigenvalue weighted by molar-refractivity contribution is 0.386. The molecule has 2 rings (SSSR count). The van der Waals surface area contributed by atoms with E-state index in [0.29, 0.717) is 12.2 Å². The molecule has 2 aromatic carbocycles. The van der Waals surface area contributed by atoms with Gasteiger partial charge in [-0.05, 0) is 42.3 Å². The summed E-state index contributed by atoms with van der Waals surface area (Å²) >= 11 is 0. The normalized spacial score (nSPS) is 10.3. The molecule has 0 aliphatic carbocycles. The number of methoxy groups -OCH3 is 1. The molecule has 0 aliphatic heterocycles. The molecule has 0 amide bonds. The number of hydrogen-bond acceptors (Lipinski definition) is 2. The second kappa shape index (κ2) is 5.69. The number of anilines is 1. The summed E-state index contributed by atoms with van der Waals surface area (Å²) in [5.74, 6) is -0.545. The molecule has 4 heteroatoms. The van der Waals surface area contributed by atoms with Gasteiger partial charge in [-0.1, -0.05) is 12.1 Å². The highest BCUT2D eigenvalue weighted by Gasteiger charge is 2.05. The first kappa shape index (κ1) is 13.3. The van der Waals surface area contributed by atoms with Crippen LogP contribution in [-0.4, -0.2) is 7.11 Å². The smallest absolute Gasteiger partial charge is 0.165 e. The van der Waals surface area contributed by atoms with Crippen molar-refractivity contribution in [3.63, 3.8) is 0 Å². The molecule has 0 saturated heterocycles. The van der Waals surface area contributed by atoms with E-state index >= 15 is 0 Å². The fraction of sp³-hybridized carbons (Fsp3) is 0.200. The lowest BCUT2D eigenvalue weighted by Gasteiger charge is -2.09. The van der Waals surface area contributed by atoms with Crippen LogP contribution >= 0.6 is 0 Å². The van der Waals surface area contributed by atoms with Crippen LogP contribution in [0, 0.1) is 18.6 Å². The third-order valence-corrected chi connectivity index (χ3v) is 2.82. The zero-order valence-corrected chi connectivity index (χ0v) is 10.8. The summed E-state index contributed by atoms with van der Waals surface area (Å²) in [5, 5.41) is 2.95. The summed E-state index contributed by atoms with van der Waals surface area (Å²) in [6.45, 7) is 2.24. The number of ether oxygens (including phenoxy) is 1. The molecule has 0 fully saturated rings. The molecule has 0 unspecified atom stereocenters. The second-order valence-electron chi connectivity index (χ2n) is 4.31. The Hall–Kier alpha value is -2.10. The molecule has 1 N–H and O–H groups in total. The lowest BCUT2D eigenvalue weighted by Crippen LogP contribution is -2.02. The van der Waals surface area contributed by atoms with Crippen molar-refractivity contribution in [2.45, 2.75) is 13.5 Å². The van der Waals surface area contributed by atoms with E-state index in [2.05, 4.69) is 5.32 Å². The Labute approximate surface area is 111 Å². The van der Waals surface area contributed by atoms with E-state index < -0.39 is 5.82 Å². The van der Waals surface area contributed by atoms with Gasteiger partial charge in [-0.3, -0.25) is 0 Å². The third-order valence-electron chi connectivity index (χ3n) is 2.82. The summed E-state index contributed by atoms with van der Waals surface area (Å²) in [6.07, 6.45) is 0. The third kappa shape index (κ3) is 3.22. The summed E-state index contributed by atoms with van der Waals surface area (Å²) in [7, 11) is 1.42. The van der Waals surface area contributed by atoms with Gasteiger partial charge in [0.25, 0.3) is 0 Å². The van der Waals surface area contributed by atoms with Crippen molar-refractivity contribution in [3.05, 3.63) is 59.2 Å². The van der Waals surface area contributed by atoms with Gasteiger partial charge in [-0.15, -0.1) is 0 Å². The second-order valence-corrected chi connectivity index (χ2v) is 4.31. The number of nitrogens with one attached hydrogen (secondary N) is 1. The highest BCUT2D eigenvalue weighted by Crippen LogP contribution is 2.20. The van der Waals surface area contributed by atoms with E-state index in [1.54, 1.807) is 24.3 Å². The first-order valence-corrected chi connectivity index (χ1v) is 5.92. The van der Waals surface area contributed by atoms with E-state index in [1.807, 2.05) is 6.92 Å². The number of rotatable bonds is 4. The molecule has 2 aromatic rings. The predicted molar refractivity (Wildman–Crippen MR) is 71.4 cm³/mol. The molecule has 0 radical (unpaired) electrons. The Bertz CT molecular complexity index is 584. The van der Waals surface area contributed by atoms with Gasteiger partial charge < -0.3 is 10.1 Å². The zero-order valence-electron chi connectivity index (χ0n) is 10.8. The van der Waals surface area contributed by atoms with Crippen LogP contribution in [0.25, 0.3) is 0 Å². The molecule has 0 atom stereocenters. The zero-order chi connectivity index (χ0) is 13.8. The topological polar surface area (TPSA) is 21.3 Å². The van der Waals surface area contributed by atoms with Crippen LogP contribution in [0.15, 0.2) is 36.4 Å². The number of benzene rings is 2. The summed E-state index contributed by atoms with van der Waals surface area (Å²) in [4.78, 5) is 0. The average molecular weight is 263 g/mol. The fourth-order valence-electron chi connectivity index (χ4n) is 1.79. The Morgan fingerprint density at radius 1 is 1.05 bits per heavy atom. The van der Waals surface area contributed by atoms with Gasteiger partial charge in [-0.25, -0.2) is 8.78 Å². The SMILES string of the molecule is COc1ccc(CNc2cc(C)ccc2F)cc1F. The van der Waals surface area contributed by atoms with Crippen LogP contribution < -0.4 is 10.1 Å². The van der Waals surface area contributed by atoms with Crippen LogP contribution in [0.3, 0.4) is 0 Å². The fourth-order valence-corrected chi connectivity index (χ4v) is 1.79. The quantitative estimate of drug-likeness (QED) is 0.903. The van der Waals surface area contributed by atoms with Gasteiger partial charge in [0.1, 0.15) is 5.82 Å². The van der Waals surface area contributed by atoms with Crippen molar-refractivity contribution in [2.24, 2.45) is 0 Å². The molecule has 0 heterocycles. The minimum absolute atomic E-state index is 0.200. The van der Waals surface area contributed by atoms with Gasteiger partial charge in [0.05, 0.1) is 12.8 Å². The highest BCUT2D eigenvalue weighted by molar-refractivity contribution is 5.47. The van der Waals surface area contributed by atoms with Crippen molar-refractivity contribution in [2.75, 3.05) is 12.4 Å². The van der Waals surface area contributed by atoms with Crippen LogP contribution in [0.2, 0.25) is 0 Å². The van der Waals surface area contributed by atoms with Crippen molar-refractivity contribution < 1.29 is 13.5 Å². The summed E-state index contributed by atoms with van der Waals surface area (Å²) < 4.78 is 31.8. The predicted octanol–water partition coefficient (Wildman–Crippen LogP) is 3.89. The Kier molecular flexibility index (Phi) is 4.00. The monoisotopic (exact) mass is 263 g/mol. The maximum Gasteiger partial charge on any atom is 0.165 e. The maximum absolute atomic E-state index is 13.5. The van der Waals surface area contributed by atoms with Gasteiger partial charge in [0.15, 0.2) is 11.6 Å². The molecule has 0 bridgehead atoms. The number of halogens is 2. The van der Waals surface area contributed by atoms with E-state index in [9.17, 15) is 8.78 Å². The summed E-state index contributed by atoms with van der Waals surface area (Å²) in [5.41, 5.74) is 2.10. The molecule has 2 nitrogen and oxygen atoms in total. The van der Waals surface area contributed by atoms with Crippen molar-refractivity contribution >= 4 is 5.69 Å². The van der Waals surface area contributed by atoms with E-state index in [0.717, 1.165) is 11.1 Å². The molecule has 0 aromatic heterocycles. The Balaban J connectivity index is 2.10. The van der Waals surface area contributed by atoms with Gasteiger partial charge in [0, 0.05) is 6.54 Å². The lowest BCUT2D eigenvalue weighted by atomic mass is 10.2. The molecule has 0 aliphatic rings. The van der Waals surface area contributed by atoms with Gasteiger partial charge >= 0.3 is 0 Å². The number of aryl methyl sites for hydroxylation is 1.